The van der Waals surface area contributed by atoms with Gasteiger partial charge in [-0.25, -0.2) is 0 Å². The molecular weight excluding hydrogens is 390 g/mol. The van der Waals surface area contributed by atoms with Crippen molar-refractivity contribution in [3.63, 3.8) is 0 Å². The molecule has 1 atom stereocenters. The lowest BCUT2D eigenvalue weighted by Gasteiger charge is -2.33. The van der Waals surface area contributed by atoms with Gasteiger partial charge in [-0.1, -0.05) is 57.0 Å². The molecule has 1 aliphatic carbocycles. The summed E-state index contributed by atoms with van der Waals surface area (Å²) in [7, 11) is 2.07. The molecule has 1 aromatic rings. The normalized spacial score (nSPS) is 21.8. The molecule has 1 saturated heterocycles. The fourth-order valence-corrected chi connectivity index (χ4v) is 5.22. The number of anilines is 1. The molecule has 1 saturated carbocycles. The van der Waals surface area contributed by atoms with Gasteiger partial charge in [-0.3, -0.25) is 14.7 Å². The van der Waals surface area contributed by atoms with Crippen LogP contribution in [0, 0.1) is 5.92 Å². The van der Waals surface area contributed by atoms with Crippen LogP contribution in [0.15, 0.2) is 29.3 Å². The van der Waals surface area contributed by atoms with Crippen molar-refractivity contribution in [3.8, 4) is 0 Å². The van der Waals surface area contributed by atoms with Gasteiger partial charge in [-0.2, -0.15) is 0 Å². The molecular formula is C22H34ClN3OS. The molecule has 2 aliphatic rings. The predicted octanol–water partition coefficient (Wildman–Crippen LogP) is 5.53. The third-order valence-corrected chi connectivity index (χ3v) is 6.94. The van der Waals surface area contributed by atoms with Crippen molar-refractivity contribution in [1.82, 2.24) is 4.90 Å². The van der Waals surface area contributed by atoms with Crippen molar-refractivity contribution >= 4 is 40.9 Å². The van der Waals surface area contributed by atoms with Gasteiger partial charge in [-0.15, -0.1) is 12.4 Å². The quantitative estimate of drug-likeness (QED) is 0.624. The van der Waals surface area contributed by atoms with Crippen LogP contribution < -0.4 is 4.90 Å². The predicted molar refractivity (Wildman–Crippen MR) is 124 cm³/mol. The lowest BCUT2D eigenvalue weighted by Crippen LogP contribution is -2.48. The third kappa shape index (κ3) is 5.44. The molecule has 0 N–H and O–H groups in total. The van der Waals surface area contributed by atoms with E-state index in [-0.39, 0.29) is 24.5 Å². The molecule has 6 heteroatoms. The number of nitrogens with zero attached hydrogens (tertiary/aromatic N) is 3. The molecule has 2 fully saturated rings. The lowest BCUT2D eigenvalue weighted by molar-refractivity contribution is -0.117. The average Bonchev–Trinajstić information content (AvgIpc) is 3.02. The molecule has 1 amide bonds. The van der Waals surface area contributed by atoms with Gasteiger partial charge in [0, 0.05) is 32.0 Å². The largest absolute Gasteiger partial charge is 0.333 e. The Kier molecular flexibility index (Phi) is 8.69. The van der Waals surface area contributed by atoms with Gasteiger partial charge in [0.1, 0.15) is 6.17 Å². The summed E-state index contributed by atoms with van der Waals surface area (Å²) in [6.07, 6.45) is 6.75. The fourth-order valence-electron chi connectivity index (χ4n) is 4.06. The van der Waals surface area contributed by atoms with Gasteiger partial charge in [0.2, 0.25) is 5.91 Å². The molecule has 1 aliphatic heterocycles. The first kappa shape index (κ1) is 23.1. The van der Waals surface area contributed by atoms with E-state index in [2.05, 4.69) is 50.1 Å². The number of amides is 1. The number of benzene rings is 1. The van der Waals surface area contributed by atoms with Crippen LogP contribution >= 0.6 is 24.2 Å². The summed E-state index contributed by atoms with van der Waals surface area (Å²) in [5.74, 6) is 2.18. The third-order valence-electron chi connectivity index (χ3n) is 5.80. The van der Waals surface area contributed by atoms with E-state index in [0.717, 1.165) is 29.1 Å². The monoisotopic (exact) mass is 423 g/mol. The first-order valence-electron chi connectivity index (χ1n) is 10.3. The molecule has 0 bridgehead atoms. The van der Waals surface area contributed by atoms with Crippen LogP contribution in [0.2, 0.25) is 0 Å². The second kappa shape index (κ2) is 10.5. The summed E-state index contributed by atoms with van der Waals surface area (Å²) in [6, 6.07) is 8.42. The molecule has 28 heavy (non-hydrogen) atoms. The molecule has 1 unspecified atom stereocenters. The maximum absolute atomic E-state index is 12.5. The number of carbonyl (C=O) groups is 1. The Labute approximate surface area is 180 Å². The Morgan fingerprint density at radius 2 is 1.86 bits per heavy atom. The average molecular weight is 424 g/mol. The standard InChI is InChI=1S/C22H33N3OS.ClH/c1-16(2)19-10-12-20(13-11-19)25(17(3)26)21-15-27-22(24(21)4)23-14-18-8-6-5-7-9-18;/h10-13,16,18,21H,5-9,14-15H2,1-4H3;1H. The van der Waals surface area contributed by atoms with E-state index in [1.807, 2.05) is 4.90 Å². The Bertz CT molecular complexity index is 671. The maximum atomic E-state index is 12.5. The minimum atomic E-state index is 0. The van der Waals surface area contributed by atoms with E-state index in [9.17, 15) is 4.79 Å². The highest BCUT2D eigenvalue weighted by atomic mass is 35.5. The number of rotatable bonds is 5. The van der Waals surface area contributed by atoms with Gasteiger partial charge in [-0.05, 0) is 42.4 Å². The van der Waals surface area contributed by atoms with Crippen LogP contribution in [0.25, 0.3) is 0 Å². The highest BCUT2D eigenvalue weighted by molar-refractivity contribution is 8.14. The Hall–Kier alpha value is -1.20. The number of halogens is 1. The zero-order valence-corrected chi connectivity index (χ0v) is 19.2. The molecule has 3 rings (SSSR count). The first-order valence-corrected chi connectivity index (χ1v) is 11.3. The zero-order chi connectivity index (χ0) is 19.4. The second-order valence-electron chi connectivity index (χ2n) is 8.17. The Morgan fingerprint density at radius 1 is 1.21 bits per heavy atom. The molecule has 1 heterocycles. The smallest absolute Gasteiger partial charge is 0.225 e. The summed E-state index contributed by atoms with van der Waals surface area (Å²) < 4.78 is 0. The van der Waals surface area contributed by atoms with Crippen LogP contribution in [-0.4, -0.2) is 41.5 Å². The van der Waals surface area contributed by atoms with Crippen molar-refractivity contribution in [2.24, 2.45) is 10.9 Å². The molecule has 4 nitrogen and oxygen atoms in total. The topological polar surface area (TPSA) is 35.9 Å². The highest BCUT2D eigenvalue weighted by Crippen LogP contribution is 2.31. The van der Waals surface area contributed by atoms with Gasteiger partial charge < -0.3 is 4.90 Å². The number of aliphatic imine (C=N–C) groups is 1. The summed E-state index contributed by atoms with van der Waals surface area (Å²) in [4.78, 5) is 21.5. The highest BCUT2D eigenvalue weighted by Gasteiger charge is 2.34. The van der Waals surface area contributed by atoms with E-state index >= 15 is 0 Å². The molecule has 1 aromatic carbocycles. The molecule has 0 aromatic heterocycles. The van der Waals surface area contributed by atoms with Crippen LogP contribution in [0.3, 0.4) is 0 Å². The van der Waals surface area contributed by atoms with Crippen molar-refractivity contribution in [1.29, 1.82) is 0 Å². The number of hydrogen-bond acceptors (Lipinski definition) is 3. The molecule has 0 spiro atoms. The molecule has 0 radical (unpaired) electrons. The van der Waals surface area contributed by atoms with E-state index in [0.29, 0.717) is 5.92 Å². The van der Waals surface area contributed by atoms with Crippen molar-refractivity contribution in [3.05, 3.63) is 29.8 Å². The SMILES string of the molecule is CC(=O)N(c1ccc(C(C)C)cc1)C1CSC(=NCC2CCCCC2)N1C.Cl. The Balaban J connectivity index is 0.00000280. The van der Waals surface area contributed by atoms with E-state index in [4.69, 9.17) is 4.99 Å². The maximum Gasteiger partial charge on any atom is 0.225 e. The van der Waals surface area contributed by atoms with Crippen molar-refractivity contribution in [2.45, 2.75) is 65.0 Å². The van der Waals surface area contributed by atoms with E-state index < -0.39 is 0 Å². The fraction of sp³-hybridized carbons (Fsp3) is 0.636. The summed E-state index contributed by atoms with van der Waals surface area (Å²) in [5, 5.41) is 1.08. The van der Waals surface area contributed by atoms with Gasteiger partial charge in [0.05, 0.1) is 0 Å². The van der Waals surface area contributed by atoms with Crippen molar-refractivity contribution < 1.29 is 4.79 Å². The van der Waals surface area contributed by atoms with Crippen molar-refractivity contribution in [2.75, 3.05) is 24.2 Å². The first-order chi connectivity index (χ1) is 13.0. The van der Waals surface area contributed by atoms with Gasteiger partial charge in [0.15, 0.2) is 5.17 Å². The second-order valence-corrected chi connectivity index (χ2v) is 9.15. The summed E-state index contributed by atoms with van der Waals surface area (Å²) in [5.41, 5.74) is 2.27. The van der Waals surface area contributed by atoms with Gasteiger partial charge in [0.25, 0.3) is 0 Å². The minimum Gasteiger partial charge on any atom is -0.333 e. The minimum absolute atomic E-state index is 0. The van der Waals surface area contributed by atoms with Crippen LogP contribution in [-0.2, 0) is 4.79 Å². The summed E-state index contributed by atoms with van der Waals surface area (Å²) >= 11 is 1.78. The van der Waals surface area contributed by atoms with Crippen LogP contribution in [0.4, 0.5) is 5.69 Å². The van der Waals surface area contributed by atoms with E-state index in [1.54, 1.807) is 18.7 Å². The van der Waals surface area contributed by atoms with Crippen LogP contribution in [0.5, 0.6) is 0 Å². The number of amidine groups is 1. The number of hydrogen-bond donors (Lipinski definition) is 0. The number of thioether (sulfide) groups is 1. The van der Waals surface area contributed by atoms with E-state index in [1.165, 1.54) is 37.7 Å². The zero-order valence-electron chi connectivity index (χ0n) is 17.6. The Morgan fingerprint density at radius 3 is 2.43 bits per heavy atom. The summed E-state index contributed by atoms with van der Waals surface area (Å²) in [6.45, 7) is 6.97. The molecule has 156 valence electrons. The number of carbonyl (C=O) groups excluding carboxylic acids is 1. The van der Waals surface area contributed by atoms with Gasteiger partial charge >= 0.3 is 0 Å². The van der Waals surface area contributed by atoms with Crippen LogP contribution in [0.1, 0.15) is 64.4 Å². The lowest BCUT2D eigenvalue weighted by atomic mass is 9.89.